The number of aromatic carboxylic acids is 1. The summed E-state index contributed by atoms with van der Waals surface area (Å²) in [5.41, 5.74) is 7.02. The van der Waals surface area contributed by atoms with Crippen LogP contribution < -0.4 is 20.6 Å². The van der Waals surface area contributed by atoms with Crippen molar-refractivity contribution in [3.05, 3.63) is 112 Å². The molecule has 3 aromatic rings. The smallest absolute Gasteiger partial charge is 0.336 e. The molecule has 1 atom stereocenters. The number of carboxylic acids is 1. The molecule has 2 aliphatic rings. The van der Waals surface area contributed by atoms with E-state index in [2.05, 4.69) is 61.1 Å². The van der Waals surface area contributed by atoms with Crippen molar-refractivity contribution in [2.45, 2.75) is 53.4 Å². The van der Waals surface area contributed by atoms with E-state index in [0.29, 0.717) is 56.4 Å². The zero-order chi connectivity index (χ0) is 40.9. The van der Waals surface area contributed by atoms with Gasteiger partial charge in [-0.15, -0.1) is 0 Å². The molecule has 0 aromatic heterocycles. The van der Waals surface area contributed by atoms with Gasteiger partial charge in [0.05, 0.1) is 38.1 Å². The summed E-state index contributed by atoms with van der Waals surface area (Å²) in [6, 6.07) is 21.9. The Hall–Kier alpha value is -5.78. The third kappa shape index (κ3) is 11.0. The minimum absolute atomic E-state index is 0.0718. The van der Waals surface area contributed by atoms with Crippen molar-refractivity contribution in [2.24, 2.45) is 0 Å². The zero-order valence-corrected chi connectivity index (χ0v) is 33.5. The molecule has 1 heterocycles. The first-order valence-corrected chi connectivity index (χ1v) is 19.6. The molecule has 1 aliphatic carbocycles. The number of amides is 2. The molecule has 300 valence electrons. The van der Waals surface area contributed by atoms with E-state index in [4.69, 9.17) is 13.9 Å². The number of hydrogen-bond donors (Lipinski definition) is 4. The Morgan fingerprint density at radius 1 is 0.825 bits per heavy atom. The number of rotatable bonds is 19. The third-order valence-corrected chi connectivity index (χ3v) is 10.1. The van der Waals surface area contributed by atoms with Crippen LogP contribution in [0.15, 0.2) is 83.3 Å². The van der Waals surface area contributed by atoms with Gasteiger partial charge in [-0.3, -0.25) is 9.59 Å². The Morgan fingerprint density at radius 3 is 2.18 bits per heavy atom. The second-order valence-electron chi connectivity index (χ2n) is 13.9. The minimum Gasteiger partial charge on any atom is -0.508 e. The summed E-state index contributed by atoms with van der Waals surface area (Å²) in [5.74, 6) is -0.555. The second-order valence-corrected chi connectivity index (χ2v) is 13.9. The lowest BCUT2D eigenvalue weighted by Crippen LogP contribution is -2.31. The van der Waals surface area contributed by atoms with Gasteiger partial charge < -0.3 is 34.7 Å². The molecule has 0 fully saturated rings. The largest absolute Gasteiger partial charge is 0.508 e. The lowest BCUT2D eigenvalue weighted by Gasteiger charge is -2.21. The van der Waals surface area contributed by atoms with Crippen molar-refractivity contribution in [1.29, 1.82) is 0 Å². The van der Waals surface area contributed by atoms with Crippen LogP contribution in [0.25, 0.3) is 39.5 Å². The predicted molar refractivity (Wildman–Crippen MR) is 224 cm³/mol. The summed E-state index contributed by atoms with van der Waals surface area (Å²) < 4.78 is 20.1. The van der Waals surface area contributed by atoms with E-state index in [1.165, 1.54) is 6.08 Å². The molecule has 11 heteroatoms. The molecule has 1 unspecified atom stereocenters. The quantitative estimate of drug-likeness (QED) is 0.0306. The van der Waals surface area contributed by atoms with E-state index in [0.717, 1.165) is 63.6 Å². The van der Waals surface area contributed by atoms with Gasteiger partial charge in [0, 0.05) is 47.7 Å². The number of carbonyl (C=O) groups is 3. The van der Waals surface area contributed by atoms with Crippen molar-refractivity contribution in [1.82, 2.24) is 15.2 Å². The van der Waals surface area contributed by atoms with E-state index in [1.54, 1.807) is 42.5 Å². The number of aryl methyl sites for hydroxylation is 2. The fraction of sp³-hybridized carbons (Fsp3) is 0.348. The average Bonchev–Trinajstić information content (AvgIpc) is 3.20. The molecular weight excluding hydrogens is 723 g/mol. The molecule has 0 saturated heterocycles. The Balaban J connectivity index is 1.20. The van der Waals surface area contributed by atoms with Crippen LogP contribution in [0.4, 0.5) is 0 Å². The summed E-state index contributed by atoms with van der Waals surface area (Å²) in [5, 5.41) is 27.2. The fourth-order valence-electron chi connectivity index (χ4n) is 7.14. The van der Waals surface area contributed by atoms with Gasteiger partial charge in [0.25, 0.3) is 0 Å². The number of aromatic hydroxyl groups is 1. The molecule has 0 bridgehead atoms. The first-order valence-electron chi connectivity index (χ1n) is 19.6. The van der Waals surface area contributed by atoms with Gasteiger partial charge in [0.15, 0.2) is 0 Å². The zero-order valence-electron chi connectivity index (χ0n) is 33.5. The molecule has 0 saturated carbocycles. The Kier molecular flexibility index (Phi) is 15.2. The van der Waals surface area contributed by atoms with Crippen molar-refractivity contribution >= 4 is 34.8 Å². The molecule has 1 aliphatic heterocycles. The van der Waals surface area contributed by atoms with Crippen LogP contribution in [0, 0.1) is 13.8 Å². The number of fused-ring (bicyclic) bond motifs is 2. The number of hydrogen-bond acceptors (Lipinski definition) is 7. The maximum absolute atomic E-state index is 13.1. The highest BCUT2D eigenvalue weighted by molar-refractivity contribution is 6.07. The summed E-state index contributed by atoms with van der Waals surface area (Å²) >= 11 is 0. The summed E-state index contributed by atoms with van der Waals surface area (Å²) in [7, 11) is 0. The maximum atomic E-state index is 13.1. The van der Waals surface area contributed by atoms with Crippen LogP contribution >= 0.6 is 0 Å². The predicted octanol–water partition coefficient (Wildman–Crippen LogP) is 6.90. The van der Waals surface area contributed by atoms with Gasteiger partial charge in [-0.2, -0.15) is 0 Å². The minimum atomic E-state index is -0.997. The van der Waals surface area contributed by atoms with Gasteiger partial charge >= 0.3 is 5.97 Å². The number of carbonyl (C=O) groups excluding carboxylic acids is 2. The lowest BCUT2D eigenvalue weighted by atomic mass is 9.85. The van der Waals surface area contributed by atoms with Crippen LogP contribution in [-0.4, -0.2) is 80.6 Å². The highest BCUT2D eigenvalue weighted by Gasteiger charge is 2.25. The average molecular weight is 777 g/mol. The number of nitrogens with one attached hydrogen (secondary N) is 2. The van der Waals surface area contributed by atoms with Gasteiger partial charge in [-0.1, -0.05) is 37.3 Å². The normalized spacial score (nSPS) is 11.9. The molecule has 5 rings (SSSR count). The molecule has 3 aromatic carbocycles. The molecule has 2 amide bonds. The van der Waals surface area contributed by atoms with E-state index < -0.39 is 5.97 Å². The van der Waals surface area contributed by atoms with E-state index in [-0.39, 0.29) is 35.5 Å². The SMILES string of the molecule is CCC(CC(=O)NCCOCCOCCNC(=O)/C=C/c1ccc(O)cc1)c1cc2oc3cc(=[N+](CC)CC)c(C)cc-3c(-c3ccccc3C(=O)O)c2cc1C. The van der Waals surface area contributed by atoms with Crippen LogP contribution in [0.2, 0.25) is 0 Å². The number of benzene rings is 4. The number of phenols is 1. The van der Waals surface area contributed by atoms with E-state index >= 15 is 0 Å². The van der Waals surface area contributed by atoms with Crippen molar-refractivity contribution in [3.63, 3.8) is 0 Å². The van der Waals surface area contributed by atoms with Gasteiger partial charge in [-0.25, -0.2) is 9.37 Å². The van der Waals surface area contributed by atoms with Crippen molar-refractivity contribution < 1.29 is 38.5 Å². The number of phenolic OH excluding ortho intramolecular Hbond substituents is 1. The summed E-state index contributed by atoms with van der Waals surface area (Å²) in [4.78, 5) is 37.6. The fourth-order valence-corrected chi connectivity index (χ4v) is 7.14. The lowest BCUT2D eigenvalue weighted by molar-refractivity contribution is -0.121. The standard InChI is InChI=1S/C46H53N3O8/c1-6-33(27-44(52)48-20-22-56-24-23-55-21-19-47-43(51)18-15-32-13-16-34(50)17-14-32)37-28-41-38(25-30(37)4)45(35-11-9-10-12-36(35)46(53)54)39-26-31(5)40(29-42(39)57-41)49(7-2)8-3/h9-18,25-26,28-29,33H,6-8,19-24,27H2,1-5H3,(H3-,47,48,50,51,52,53,54)/p+1. The molecule has 11 nitrogen and oxygen atoms in total. The van der Waals surface area contributed by atoms with Gasteiger partial charge in [-0.05, 0) is 105 Å². The third-order valence-electron chi connectivity index (χ3n) is 10.1. The molecular formula is C46H54N3O8+. The maximum Gasteiger partial charge on any atom is 0.336 e. The summed E-state index contributed by atoms with van der Waals surface area (Å²) in [6.45, 7) is 14.2. The van der Waals surface area contributed by atoms with Crippen LogP contribution in [-0.2, 0) is 19.1 Å². The van der Waals surface area contributed by atoms with Crippen molar-refractivity contribution in [2.75, 3.05) is 52.6 Å². The van der Waals surface area contributed by atoms with E-state index in [1.807, 2.05) is 25.1 Å². The monoisotopic (exact) mass is 776 g/mol. The molecule has 4 N–H and O–H groups in total. The second kappa shape index (κ2) is 20.4. The van der Waals surface area contributed by atoms with Crippen LogP contribution in [0.1, 0.15) is 72.1 Å². The van der Waals surface area contributed by atoms with Gasteiger partial charge in [0.2, 0.25) is 17.2 Å². The Bertz CT molecular complexity index is 2250. The number of carboxylic acid groups (broad SMARTS) is 1. The molecule has 0 radical (unpaired) electrons. The number of ether oxygens (including phenoxy) is 2. The highest BCUT2D eigenvalue weighted by Crippen LogP contribution is 2.43. The van der Waals surface area contributed by atoms with Crippen LogP contribution in [0.3, 0.4) is 0 Å². The van der Waals surface area contributed by atoms with E-state index in [9.17, 15) is 24.6 Å². The first kappa shape index (κ1) is 42.4. The topological polar surface area (TPSA) is 150 Å². The number of nitrogens with zero attached hydrogens (tertiary/aromatic N) is 1. The first-order chi connectivity index (χ1) is 27.5. The highest BCUT2D eigenvalue weighted by atomic mass is 16.5. The van der Waals surface area contributed by atoms with Crippen LogP contribution in [0.5, 0.6) is 5.75 Å². The Morgan fingerprint density at radius 2 is 1.51 bits per heavy atom. The molecule has 0 spiro atoms. The Labute approximate surface area is 334 Å². The summed E-state index contributed by atoms with van der Waals surface area (Å²) in [6.07, 6.45) is 4.11. The van der Waals surface area contributed by atoms with Gasteiger partial charge in [0.1, 0.15) is 30.2 Å². The molecule has 57 heavy (non-hydrogen) atoms. The van der Waals surface area contributed by atoms with Crippen molar-refractivity contribution in [3.8, 4) is 28.2 Å².